The molecule has 2 aromatic rings. The summed E-state index contributed by atoms with van der Waals surface area (Å²) in [6.07, 6.45) is 0.549. The second-order valence-electron chi connectivity index (χ2n) is 8.54. The van der Waals surface area contributed by atoms with E-state index in [2.05, 4.69) is 26.3 Å². The van der Waals surface area contributed by atoms with Crippen LogP contribution in [0.2, 0.25) is 0 Å². The normalized spacial score (nSPS) is 10.9. The van der Waals surface area contributed by atoms with Crippen molar-refractivity contribution in [2.45, 2.75) is 53.1 Å². The topological polar surface area (TPSA) is 139 Å². The smallest absolute Gasteiger partial charge is 0.412 e. The summed E-state index contributed by atoms with van der Waals surface area (Å²) in [6.45, 7) is 8.76. The number of rotatable bonds is 9. The van der Waals surface area contributed by atoms with Crippen molar-refractivity contribution >= 4 is 46.0 Å². The molecule has 0 aliphatic rings. The van der Waals surface area contributed by atoms with E-state index in [0.717, 1.165) is 16.9 Å². The van der Waals surface area contributed by atoms with Crippen LogP contribution < -0.4 is 21.3 Å². The molecule has 4 N–H and O–H groups in total. The highest BCUT2D eigenvalue weighted by Gasteiger charge is 2.19. The summed E-state index contributed by atoms with van der Waals surface area (Å²) in [6, 6.07) is 7.30. The first-order valence-electron chi connectivity index (χ1n) is 10.8. The average molecular weight is 490 g/mol. The van der Waals surface area contributed by atoms with Gasteiger partial charge in [-0.3, -0.25) is 19.7 Å². The number of nitrogens with zero attached hydrogens (tertiary/aromatic N) is 1. The Kier molecular flexibility index (Phi) is 9.55. The number of benzene rings is 1. The predicted octanol–water partition coefficient (Wildman–Crippen LogP) is 3.10. The zero-order chi connectivity index (χ0) is 25.3. The maximum atomic E-state index is 12.6. The molecule has 4 amide bonds. The number of ether oxygens (including phenoxy) is 1. The van der Waals surface area contributed by atoms with Crippen molar-refractivity contribution in [3.8, 4) is 0 Å². The SMILES string of the molecule is CC(=O)NCCNC(=O)c1sc(NC(C)=O)nc1CCc1ccc(NC(=O)OC(C)(C)C)cc1. The summed E-state index contributed by atoms with van der Waals surface area (Å²) in [5.41, 5.74) is 1.59. The third-order valence-corrected chi connectivity index (χ3v) is 5.23. The summed E-state index contributed by atoms with van der Waals surface area (Å²) in [5, 5.41) is 11.0. The van der Waals surface area contributed by atoms with Gasteiger partial charge in [0, 0.05) is 32.6 Å². The Labute approximate surface area is 202 Å². The molecule has 0 spiro atoms. The fraction of sp³-hybridized carbons (Fsp3) is 0.435. The quantitative estimate of drug-likeness (QED) is 0.399. The molecular formula is C23H31N5O5S. The van der Waals surface area contributed by atoms with Crippen molar-refractivity contribution in [2.24, 2.45) is 0 Å². The molecule has 0 fully saturated rings. The summed E-state index contributed by atoms with van der Waals surface area (Å²) in [7, 11) is 0. The first kappa shape index (κ1) is 26.8. The summed E-state index contributed by atoms with van der Waals surface area (Å²) in [4.78, 5) is 51.8. The molecule has 0 aliphatic carbocycles. The van der Waals surface area contributed by atoms with Crippen LogP contribution in [0.4, 0.5) is 15.6 Å². The van der Waals surface area contributed by atoms with Gasteiger partial charge < -0.3 is 20.7 Å². The number of carbonyl (C=O) groups is 4. The third kappa shape index (κ3) is 9.57. The molecule has 0 saturated carbocycles. The van der Waals surface area contributed by atoms with Crippen LogP contribution in [0.15, 0.2) is 24.3 Å². The molecule has 0 radical (unpaired) electrons. The van der Waals surface area contributed by atoms with Crippen molar-refractivity contribution < 1.29 is 23.9 Å². The van der Waals surface area contributed by atoms with Crippen molar-refractivity contribution in [3.05, 3.63) is 40.4 Å². The molecule has 1 aromatic carbocycles. The minimum atomic E-state index is -0.582. The summed E-state index contributed by atoms with van der Waals surface area (Å²) >= 11 is 1.11. The van der Waals surface area contributed by atoms with Gasteiger partial charge >= 0.3 is 6.09 Å². The lowest BCUT2D eigenvalue weighted by atomic mass is 10.1. The zero-order valence-corrected chi connectivity index (χ0v) is 20.9. The number of thiazole rings is 1. The molecule has 0 unspecified atom stereocenters. The van der Waals surface area contributed by atoms with Crippen LogP contribution in [0.5, 0.6) is 0 Å². The van der Waals surface area contributed by atoms with E-state index in [4.69, 9.17) is 4.74 Å². The lowest BCUT2D eigenvalue weighted by Gasteiger charge is -2.19. The minimum absolute atomic E-state index is 0.173. The number of hydrogen-bond donors (Lipinski definition) is 4. The van der Waals surface area contributed by atoms with Gasteiger partial charge in [0.25, 0.3) is 5.91 Å². The van der Waals surface area contributed by atoms with E-state index in [0.29, 0.717) is 40.8 Å². The Bertz CT molecular complexity index is 1030. The van der Waals surface area contributed by atoms with Crippen LogP contribution in [-0.2, 0) is 27.2 Å². The highest BCUT2D eigenvalue weighted by Crippen LogP contribution is 2.25. The van der Waals surface area contributed by atoms with E-state index < -0.39 is 11.7 Å². The molecule has 10 nitrogen and oxygen atoms in total. The fourth-order valence-corrected chi connectivity index (χ4v) is 3.81. The molecular weight excluding hydrogens is 458 g/mol. The molecule has 0 bridgehead atoms. The van der Waals surface area contributed by atoms with E-state index in [1.54, 1.807) is 32.9 Å². The number of nitrogens with one attached hydrogen (secondary N) is 4. The van der Waals surface area contributed by atoms with Gasteiger partial charge in [0.15, 0.2) is 5.13 Å². The fourth-order valence-electron chi connectivity index (χ4n) is 2.84. The van der Waals surface area contributed by atoms with E-state index >= 15 is 0 Å². The van der Waals surface area contributed by atoms with Gasteiger partial charge in [0.1, 0.15) is 10.5 Å². The Morgan fingerprint density at radius 3 is 2.15 bits per heavy atom. The highest BCUT2D eigenvalue weighted by molar-refractivity contribution is 7.17. The Balaban J connectivity index is 2.02. The van der Waals surface area contributed by atoms with Gasteiger partial charge in [-0.2, -0.15) is 0 Å². The lowest BCUT2D eigenvalue weighted by Crippen LogP contribution is -2.33. The van der Waals surface area contributed by atoms with E-state index in [-0.39, 0.29) is 24.3 Å². The summed E-state index contributed by atoms with van der Waals surface area (Å²) < 4.78 is 5.24. The monoisotopic (exact) mass is 489 g/mol. The maximum Gasteiger partial charge on any atom is 0.412 e. The molecule has 0 atom stereocenters. The van der Waals surface area contributed by atoms with Gasteiger partial charge in [0.05, 0.1) is 5.69 Å². The van der Waals surface area contributed by atoms with E-state index in [9.17, 15) is 19.2 Å². The van der Waals surface area contributed by atoms with Crippen molar-refractivity contribution in [1.82, 2.24) is 15.6 Å². The van der Waals surface area contributed by atoms with Gasteiger partial charge in [-0.15, -0.1) is 0 Å². The molecule has 1 aromatic heterocycles. The Morgan fingerprint density at radius 2 is 1.56 bits per heavy atom. The zero-order valence-electron chi connectivity index (χ0n) is 20.0. The second kappa shape index (κ2) is 12.1. The van der Waals surface area contributed by atoms with Crippen molar-refractivity contribution in [2.75, 3.05) is 23.7 Å². The van der Waals surface area contributed by atoms with Crippen LogP contribution in [0.1, 0.15) is 55.5 Å². The predicted molar refractivity (Wildman–Crippen MR) is 131 cm³/mol. The van der Waals surface area contributed by atoms with Crippen LogP contribution in [0.25, 0.3) is 0 Å². The maximum absolute atomic E-state index is 12.6. The molecule has 184 valence electrons. The first-order chi connectivity index (χ1) is 15.9. The van der Waals surface area contributed by atoms with Crippen LogP contribution in [0.3, 0.4) is 0 Å². The minimum Gasteiger partial charge on any atom is -0.444 e. The van der Waals surface area contributed by atoms with Gasteiger partial charge in [-0.25, -0.2) is 9.78 Å². The van der Waals surface area contributed by atoms with Crippen LogP contribution in [-0.4, -0.2) is 47.5 Å². The third-order valence-electron chi connectivity index (χ3n) is 4.22. The molecule has 0 aliphatic heterocycles. The molecule has 0 saturated heterocycles. The Hall–Kier alpha value is -3.47. The highest BCUT2D eigenvalue weighted by atomic mass is 32.1. The first-order valence-corrected chi connectivity index (χ1v) is 11.6. The van der Waals surface area contributed by atoms with Gasteiger partial charge in [-0.1, -0.05) is 23.5 Å². The lowest BCUT2D eigenvalue weighted by molar-refractivity contribution is -0.119. The van der Waals surface area contributed by atoms with Crippen molar-refractivity contribution in [3.63, 3.8) is 0 Å². The Morgan fingerprint density at radius 1 is 0.912 bits per heavy atom. The molecule has 1 heterocycles. The van der Waals surface area contributed by atoms with Crippen LogP contribution >= 0.6 is 11.3 Å². The average Bonchev–Trinajstić information content (AvgIpc) is 3.11. The molecule has 11 heteroatoms. The summed E-state index contributed by atoms with van der Waals surface area (Å²) in [5.74, 6) is -0.759. The molecule has 34 heavy (non-hydrogen) atoms. The van der Waals surface area contributed by atoms with Gasteiger partial charge in [-0.05, 0) is 51.3 Å². The number of aromatic nitrogens is 1. The number of amides is 4. The largest absolute Gasteiger partial charge is 0.444 e. The number of anilines is 2. The van der Waals surface area contributed by atoms with Gasteiger partial charge in [0.2, 0.25) is 11.8 Å². The van der Waals surface area contributed by atoms with E-state index in [1.165, 1.54) is 13.8 Å². The second-order valence-corrected chi connectivity index (χ2v) is 9.54. The molecule has 2 rings (SSSR count). The van der Waals surface area contributed by atoms with E-state index in [1.807, 2.05) is 12.1 Å². The number of aryl methyl sites for hydroxylation is 2. The van der Waals surface area contributed by atoms with Crippen LogP contribution in [0, 0.1) is 0 Å². The standard InChI is InChI=1S/C23H31N5O5S/c1-14(29)24-12-13-25-20(31)19-18(28-21(34-19)26-15(2)30)11-8-16-6-9-17(10-7-16)27-22(32)33-23(3,4)5/h6-7,9-10H,8,11-13H2,1-5H3,(H,24,29)(H,25,31)(H,27,32)(H,26,28,30). The number of hydrogen-bond acceptors (Lipinski definition) is 7. The van der Waals surface area contributed by atoms with Crippen molar-refractivity contribution in [1.29, 1.82) is 0 Å². The number of carbonyl (C=O) groups excluding carboxylic acids is 4.